The van der Waals surface area contributed by atoms with Crippen LogP contribution in [0.3, 0.4) is 0 Å². The lowest BCUT2D eigenvalue weighted by atomic mass is 10.1. The Morgan fingerprint density at radius 1 is 0.870 bits per heavy atom. The predicted octanol–water partition coefficient (Wildman–Crippen LogP) is 4.99. The highest BCUT2D eigenvalue weighted by atomic mass is 17.2. The first kappa shape index (κ1) is 23.9. The number of rotatable bonds is 15. The van der Waals surface area contributed by atoms with Crippen molar-refractivity contribution in [3.8, 4) is 0 Å². The van der Waals surface area contributed by atoms with Gasteiger partial charge in [-0.2, -0.15) is 0 Å². The molecule has 0 unspecified atom stereocenters. The highest BCUT2D eigenvalue weighted by Crippen LogP contribution is 2.09. The van der Waals surface area contributed by atoms with Crippen LogP contribution in [0.15, 0.2) is 12.2 Å². The first-order valence-corrected chi connectivity index (χ1v) is 8.97. The highest BCUT2D eigenvalue weighted by Gasteiger charge is 1.95. The summed E-state index contributed by atoms with van der Waals surface area (Å²) in [5.41, 5.74) is 0. The van der Waals surface area contributed by atoms with Crippen LogP contribution in [0, 0.1) is 9.71 Å². The highest BCUT2D eigenvalue weighted by molar-refractivity contribution is 5.66. The molecular formula is C18H34O5. The Kier molecular flexibility index (Phi) is 23.8. The van der Waals surface area contributed by atoms with Gasteiger partial charge in [0, 0.05) is 6.42 Å². The molecule has 5 heteroatoms. The van der Waals surface area contributed by atoms with Crippen molar-refractivity contribution >= 4 is 5.97 Å². The lowest BCUT2D eigenvalue weighted by molar-refractivity contribution is -0.284. The van der Waals surface area contributed by atoms with E-state index in [1.54, 1.807) is 4.75 Å². The van der Waals surface area contributed by atoms with Gasteiger partial charge in [0.05, 0.1) is 0 Å². The standard InChI is InChI=1S/C18H34O2.O3/c1-2-3-4-5-6-7-8-9-10-11-12-13-14-15-16-17-18(19)20;1-3-2/h9-10H,2-8,11-17H2,1H3,(H,19,20);. The molecule has 0 heterocycles. The fraction of sp³-hybridized carbons (Fsp3) is 0.833. The van der Waals surface area contributed by atoms with Crippen LogP contribution in [-0.2, 0) is 4.79 Å². The Bertz CT molecular complexity index is 277. The third kappa shape index (κ3) is 29.3. The molecule has 1 N–H and O–H groups in total. The summed E-state index contributed by atoms with van der Waals surface area (Å²) in [5.74, 6) is -0.664. The molecule has 0 fully saturated rings. The predicted molar refractivity (Wildman–Crippen MR) is 93.8 cm³/mol. The second-order valence-electron chi connectivity index (χ2n) is 5.80. The number of carboxylic acids is 1. The maximum Gasteiger partial charge on any atom is 0.303 e. The molecule has 0 aromatic rings. The maximum atomic E-state index is 10.3. The molecule has 0 aliphatic carbocycles. The minimum absolute atomic E-state index is 0.332. The molecule has 0 aliphatic heterocycles. The van der Waals surface area contributed by atoms with E-state index < -0.39 is 5.97 Å². The van der Waals surface area contributed by atoms with Gasteiger partial charge in [-0.1, -0.05) is 80.7 Å². The fourth-order valence-corrected chi connectivity index (χ4v) is 2.35. The zero-order chi connectivity index (χ0) is 17.6. The third-order valence-electron chi connectivity index (χ3n) is 3.65. The topological polar surface area (TPSA) is 88.7 Å². The SMILES string of the molecule is CCCCCCCCC=CCCCCCCCC(=O)O.O=[O+][O-]. The second-order valence-corrected chi connectivity index (χ2v) is 5.80. The van der Waals surface area contributed by atoms with Gasteiger partial charge in [0.1, 0.15) is 0 Å². The van der Waals surface area contributed by atoms with E-state index in [-0.39, 0.29) is 0 Å². The first-order chi connectivity index (χ1) is 11.2. The Morgan fingerprint density at radius 3 is 1.70 bits per heavy atom. The summed E-state index contributed by atoms with van der Waals surface area (Å²) in [5, 5.41) is 16.4. The van der Waals surface area contributed by atoms with Gasteiger partial charge in [-0.3, -0.25) is 4.79 Å². The molecular weight excluding hydrogens is 296 g/mol. The fourth-order valence-electron chi connectivity index (χ4n) is 2.35. The smallest absolute Gasteiger partial charge is 0.303 e. The summed E-state index contributed by atoms with van der Waals surface area (Å²) in [6.07, 6.45) is 21.2. The van der Waals surface area contributed by atoms with Gasteiger partial charge in [0.15, 0.2) is 4.75 Å². The summed E-state index contributed by atoms with van der Waals surface area (Å²) in [6, 6.07) is 0. The Morgan fingerprint density at radius 2 is 1.26 bits per heavy atom. The van der Waals surface area contributed by atoms with Gasteiger partial charge in [-0.05, 0) is 32.1 Å². The zero-order valence-corrected chi connectivity index (χ0v) is 14.6. The van der Waals surface area contributed by atoms with Crippen LogP contribution in [0.2, 0.25) is 0 Å². The molecule has 0 aliphatic rings. The Hall–Kier alpha value is -1.39. The molecule has 0 saturated carbocycles. The molecule has 0 aromatic carbocycles. The van der Waals surface area contributed by atoms with Gasteiger partial charge in [-0.15, -0.1) is 0 Å². The van der Waals surface area contributed by atoms with Gasteiger partial charge in [0.25, 0.3) is 0 Å². The molecule has 0 aromatic heterocycles. The van der Waals surface area contributed by atoms with E-state index in [4.69, 9.17) is 15.3 Å². The quantitative estimate of drug-likeness (QED) is 0.151. The van der Waals surface area contributed by atoms with Crippen molar-refractivity contribution in [1.29, 1.82) is 0 Å². The lowest BCUT2D eigenvalue weighted by Crippen LogP contribution is -1.93. The molecule has 0 saturated heterocycles. The Labute approximate surface area is 140 Å². The average Bonchev–Trinajstić information content (AvgIpc) is 2.51. The molecule has 0 radical (unpaired) electrons. The minimum atomic E-state index is -0.664. The van der Waals surface area contributed by atoms with Crippen LogP contribution < -0.4 is 5.26 Å². The van der Waals surface area contributed by atoms with Crippen molar-refractivity contribution in [3.63, 3.8) is 0 Å². The van der Waals surface area contributed by atoms with Crippen LogP contribution >= 0.6 is 0 Å². The summed E-state index contributed by atoms with van der Waals surface area (Å²) in [4.78, 5) is 18.2. The number of carbonyl (C=O) groups is 1. The number of hydrogen-bond acceptors (Lipinski definition) is 3. The van der Waals surface area contributed by atoms with Crippen molar-refractivity contribution in [2.24, 2.45) is 0 Å². The largest absolute Gasteiger partial charge is 0.481 e. The molecule has 0 amide bonds. The summed E-state index contributed by atoms with van der Waals surface area (Å²) in [6.45, 7) is 2.26. The van der Waals surface area contributed by atoms with Crippen LogP contribution in [0.5, 0.6) is 0 Å². The van der Waals surface area contributed by atoms with Crippen LogP contribution in [0.1, 0.15) is 96.8 Å². The Balaban J connectivity index is 0. The summed E-state index contributed by atoms with van der Waals surface area (Å²) in [7, 11) is 0. The summed E-state index contributed by atoms with van der Waals surface area (Å²) < 4.78 is 1.75. The van der Waals surface area contributed by atoms with Gasteiger partial charge in [0.2, 0.25) is 0 Å². The second kappa shape index (κ2) is 22.9. The van der Waals surface area contributed by atoms with E-state index >= 15 is 0 Å². The normalized spacial score (nSPS) is 10.3. The molecule has 23 heavy (non-hydrogen) atoms. The molecule has 5 nitrogen and oxygen atoms in total. The van der Waals surface area contributed by atoms with E-state index in [0.717, 1.165) is 12.8 Å². The van der Waals surface area contributed by atoms with Crippen LogP contribution in [-0.4, -0.2) is 11.1 Å². The molecule has 0 atom stereocenters. The van der Waals surface area contributed by atoms with Gasteiger partial charge >= 0.3 is 5.97 Å². The van der Waals surface area contributed by atoms with E-state index in [1.165, 1.54) is 70.6 Å². The van der Waals surface area contributed by atoms with Crippen LogP contribution in [0.25, 0.3) is 0 Å². The monoisotopic (exact) mass is 330 g/mol. The molecule has 136 valence electrons. The van der Waals surface area contributed by atoms with Crippen molar-refractivity contribution in [2.75, 3.05) is 0 Å². The minimum Gasteiger partial charge on any atom is -0.481 e. The van der Waals surface area contributed by atoms with E-state index in [9.17, 15) is 4.79 Å². The van der Waals surface area contributed by atoms with Crippen molar-refractivity contribution in [2.45, 2.75) is 96.8 Å². The van der Waals surface area contributed by atoms with Gasteiger partial charge in [-0.25, -0.2) is 0 Å². The molecule has 0 spiro atoms. The number of unbranched alkanes of at least 4 members (excludes halogenated alkanes) is 11. The number of hydrogen-bond donors (Lipinski definition) is 1. The molecule has 0 bridgehead atoms. The van der Waals surface area contributed by atoms with Crippen molar-refractivity contribution in [1.82, 2.24) is 0 Å². The van der Waals surface area contributed by atoms with Gasteiger partial charge < -0.3 is 5.11 Å². The van der Waals surface area contributed by atoms with Crippen LogP contribution in [0.4, 0.5) is 0 Å². The lowest BCUT2D eigenvalue weighted by Gasteiger charge is -1.99. The first-order valence-electron chi connectivity index (χ1n) is 8.97. The van der Waals surface area contributed by atoms with E-state index in [0.29, 0.717) is 6.42 Å². The number of carboxylic acid groups (broad SMARTS) is 1. The summed E-state index contributed by atoms with van der Waals surface area (Å²) >= 11 is 0. The number of aliphatic carboxylic acids is 1. The number of allylic oxidation sites excluding steroid dienone is 2. The maximum absolute atomic E-state index is 10.3. The van der Waals surface area contributed by atoms with E-state index in [2.05, 4.69) is 19.1 Å². The van der Waals surface area contributed by atoms with E-state index in [1.807, 2.05) is 0 Å². The van der Waals surface area contributed by atoms with Crippen molar-refractivity contribution in [3.05, 3.63) is 21.9 Å². The van der Waals surface area contributed by atoms with Crippen molar-refractivity contribution < 1.29 is 15.2 Å². The average molecular weight is 330 g/mol. The zero-order valence-electron chi connectivity index (χ0n) is 14.6. The molecule has 0 rings (SSSR count). The third-order valence-corrected chi connectivity index (χ3v) is 3.65.